The largest absolute Gasteiger partial charge is 0.495 e. The first-order valence-corrected chi connectivity index (χ1v) is 8.90. The van der Waals surface area contributed by atoms with Gasteiger partial charge in [-0.15, -0.1) is 0 Å². The van der Waals surface area contributed by atoms with Gasteiger partial charge < -0.3 is 13.8 Å². The lowest BCUT2D eigenvalue weighted by molar-refractivity contribution is 0.413. The first-order chi connectivity index (χ1) is 12.7. The van der Waals surface area contributed by atoms with E-state index in [0.29, 0.717) is 11.7 Å². The molecule has 7 heteroatoms. The van der Waals surface area contributed by atoms with Gasteiger partial charge in [0.1, 0.15) is 5.75 Å². The highest BCUT2D eigenvalue weighted by atomic mass is 32.1. The van der Waals surface area contributed by atoms with Gasteiger partial charge in [0.15, 0.2) is 5.82 Å². The zero-order chi connectivity index (χ0) is 17.9. The summed E-state index contributed by atoms with van der Waals surface area (Å²) >= 11 is 1.59. The van der Waals surface area contributed by atoms with Crippen LogP contribution in [0.3, 0.4) is 0 Å². The highest BCUT2D eigenvalue weighted by Crippen LogP contribution is 2.26. The molecule has 0 saturated heterocycles. The van der Waals surface area contributed by atoms with Crippen molar-refractivity contribution in [3.63, 3.8) is 0 Å². The summed E-state index contributed by atoms with van der Waals surface area (Å²) in [6.45, 7) is 1.95. The minimum atomic E-state index is 0.523. The molecule has 6 nitrogen and oxygen atoms in total. The Morgan fingerprint density at radius 3 is 2.88 bits per heavy atom. The first-order valence-electron chi connectivity index (χ1n) is 7.96. The predicted octanol–water partition coefficient (Wildman–Crippen LogP) is 4.47. The van der Waals surface area contributed by atoms with Crippen molar-refractivity contribution >= 4 is 23.5 Å². The van der Waals surface area contributed by atoms with Gasteiger partial charge in [0.2, 0.25) is 0 Å². The number of methoxy groups -OCH3 is 1. The summed E-state index contributed by atoms with van der Waals surface area (Å²) in [5.41, 5.74) is 3.80. The molecule has 0 radical (unpaired) electrons. The molecular formula is C19H16N4O2S. The number of hydrogen-bond acceptors (Lipinski definition) is 6. The van der Waals surface area contributed by atoms with Crippen molar-refractivity contribution in [1.29, 1.82) is 0 Å². The predicted molar refractivity (Wildman–Crippen MR) is 101 cm³/mol. The Balaban J connectivity index is 1.57. The van der Waals surface area contributed by atoms with Crippen LogP contribution in [0.1, 0.15) is 17.1 Å². The van der Waals surface area contributed by atoms with Crippen molar-refractivity contribution in [2.24, 2.45) is 0 Å². The quantitative estimate of drug-likeness (QED) is 0.523. The number of thiophene rings is 1. The fourth-order valence-corrected chi connectivity index (χ4v) is 3.17. The third kappa shape index (κ3) is 3.29. The molecule has 0 aliphatic carbocycles. The fraction of sp³-hybridized carbons (Fsp3) is 0.105. The van der Waals surface area contributed by atoms with E-state index in [0.717, 1.165) is 28.3 Å². The van der Waals surface area contributed by atoms with E-state index < -0.39 is 0 Å². The molecule has 0 unspecified atom stereocenters. The lowest BCUT2D eigenvalue weighted by Gasteiger charge is -2.09. The first kappa shape index (κ1) is 16.3. The van der Waals surface area contributed by atoms with Crippen molar-refractivity contribution in [3.05, 3.63) is 64.6 Å². The lowest BCUT2D eigenvalue weighted by Crippen LogP contribution is -1.95. The SMILES string of the molecule is COc1cc(/C=C/c2noc(-c3ccsc3)n2)ccc1-n1cnc(C)c1. The van der Waals surface area contributed by atoms with Crippen LogP contribution in [-0.4, -0.2) is 26.8 Å². The molecule has 0 aliphatic heterocycles. The molecule has 0 spiro atoms. The molecule has 4 rings (SSSR count). The summed E-state index contributed by atoms with van der Waals surface area (Å²) in [5, 5.41) is 7.94. The van der Waals surface area contributed by atoms with Gasteiger partial charge in [-0.1, -0.05) is 17.3 Å². The molecule has 1 aromatic carbocycles. The number of imidazole rings is 1. The van der Waals surface area contributed by atoms with Crippen molar-refractivity contribution in [1.82, 2.24) is 19.7 Å². The normalized spacial score (nSPS) is 11.3. The summed E-state index contributed by atoms with van der Waals surface area (Å²) in [4.78, 5) is 8.63. The van der Waals surface area contributed by atoms with Gasteiger partial charge in [-0.05, 0) is 42.1 Å². The van der Waals surface area contributed by atoms with E-state index in [4.69, 9.17) is 9.26 Å². The van der Waals surface area contributed by atoms with E-state index in [1.807, 2.05) is 64.9 Å². The molecule has 0 amide bonds. The Hall–Kier alpha value is -3.19. The van der Waals surface area contributed by atoms with E-state index in [1.54, 1.807) is 24.8 Å². The number of rotatable bonds is 5. The molecule has 130 valence electrons. The monoisotopic (exact) mass is 364 g/mol. The van der Waals surface area contributed by atoms with Crippen LogP contribution < -0.4 is 4.74 Å². The highest BCUT2D eigenvalue weighted by Gasteiger charge is 2.08. The molecule has 3 heterocycles. The molecule has 0 fully saturated rings. The molecular weight excluding hydrogens is 348 g/mol. The summed E-state index contributed by atoms with van der Waals surface area (Å²) in [6, 6.07) is 7.91. The summed E-state index contributed by atoms with van der Waals surface area (Å²) in [6.07, 6.45) is 7.47. The van der Waals surface area contributed by atoms with Crippen LogP contribution in [0.4, 0.5) is 0 Å². The minimum Gasteiger partial charge on any atom is -0.495 e. The molecule has 4 aromatic rings. The second kappa shape index (κ2) is 6.97. The van der Waals surface area contributed by atoms with Crippen LogP contribution in [-0.2, 0) is 0 Å². The summed E-state index contributed by atoms with van der Waals surface area (Å²) in [5.74, 6) is 1.81. The lowest BCUT2D eigenvalue weighted by atomic mass is 10.1. The Morgan fingerprint density at radius 2 is 2.15 bits per heavy atom. The van der Waals surface area contributed by atoms with Gasteiger partial charge >= 0.3 is 0 Å². The average molecular weight is 364 g/mol. The van der Waals surface area contributed by atoms with E-state index in [1.165, 1.54) is 0 Å². The standard InChI is InChI=1S/C19H16N4O2S/c1-13-10-23(12-20-13)16-5-3-14(9-17(16)24-2)4-6-18-21-19(25-22-18)15-7-8-26-11-15/h3-12H,1-2H3/b6-4+. The average Bonchev–Trinajstić information content (AvgIpc) is 3.40. The maximum absolute atomic E-state index is 5.52. The highest BCUT2D eigenvalue weighted by molar-refractivity contribution is 7.08. The van der Waals surface area contributed by atoms with Gasteiger partial charge in [-0.3, -0.25) is 0 Å². The number of aryl methyl sites for hydroxylation is 1. The second-order valence-electron chi connectivity index (χ2n) is 5.66. The Labute approximate surface area is 154 Å². The number of aromatic nitrogens is 4. The van der Waals surface area contributed by atoms with E-state index in [-0.39, 0.29) is 0 Å². The molecule has 0 aliphatic rings. The third-order valence-electron chi connectivity index (χ3n) is 3.83. The van der Waals surface area contributed by atoms with Crippen LogP contribution in [0.25, 0.3) is 29.3 Å². The van der Waals surface area contributed by atoms with Crippen LogP contribution in [0.5, 0.6) is 5.75 Å². The fourth-order valence-electron chi connectivity index (χ4n) is 2.54. The zero-order valence-electron chi connectivity index (χ0n) is 14.3. The summed E-state index contributed by atoms with van der Waals surface area (Å²) in [7, 11) is 1.66. The number of benzene rings is 1. The van der Waals surface area contributed by atoms with Crippen molar-refractivity contribution in [3.8, 4) is 22.9 Å². The van der Waals surface area contributed by atoms with E-state index in [9.17, 15) is 0 Å². The Bertz CT molecular complexity index is 1050. The second-order valence-corrected chi connectivity index (χ2v) is 6.44. The van der Waals surface area contributed by atoms with E-state index >= 15 is 0 Å². The van der Waals surface area contributed by atoms with Gasteiger partial charge in [-0.2, -0.15) is 16.3 Å². The van der Waals surface area contributed by atoms with Crippen LogP contribution in [0.15, 0.2) is 52.1 Å². The van der Waals surface area contributed by atoms with Gasteiger partial charge in [0, 0.05) is 11.6 Å². The van der Waals surface area contributed by atoms with Crippen LogP contribution in [0, 0.1) is 6.92 Å². The van der Waals surface area contributed by atoms with Crippen molar-refractivity contribution in [2.45, 2.75) is 6.92 Å². The Morgan fingerprint density at radius 1 is 1.23 bits per heavy atom. The van der Waals surface area contributed by atoms with Gasteiger partial charge in [-0.25, -0.2) is 4.98 Å². The van der Waals surface area contributed by atoms with Crippen LogP contribution >= 0.6 is 11.3 Å². The molecule has 3 aromatic heterocycles. The maximum Gasteiger partial charge on any atom is 0.259 e. The summed E-state index contributed by atoms with van der Waals surface area (Å²) < 4.78 is 12.7. The molecule has 0 saturated carbocycles. The number of nitrogens with zero attached hydrogens (tertiary/aromatic N) is 4. The number of ether oxygens (including phenoxy) is 1. The molecule has 26 heavy (non-hydrogen) atoms. The van der Waals surface area contributed by atoms with Crippen LogP contribution in [0.2, 0.25) is 0 Å². The third-order valence-corrected chi connectivity index (χ3v) is 4.51. The molecule has 0 bridgehead atoms. The number of hydrogen-bond donors (Lipinski definition) is 0. The van der Waals surface area contributed by atoms with Gasteiger partial charge in [0.05, 0.1) is 30.4 Å². The van der Waals surface area contributed by atoms with Crippen molar-refractivity contribution in [2.75, 3.05) is 7.11 Å². The topological polar surface area (TPSA) is 66.0 Å². The van der Waals surface area contributed by atoms with Crippen molar-refractivity contribution < 1.29 is 9.26 Å². The van der Waals surface area contributed by atoms with E-state index in [2.05, 4.69) is 15.1 Å². The molecule has 0 atom stereocenters. The Kier molecular flexibility index (Phi) is 4.37. The van der Waals surface area contributed by atoms with Gasteiger partial charge in [0.25, 0.3) is 5.89 Å². The zero-order valence-corrected chi connectivity index (χ0v) is 15.1. The minimum absolute atomic E-state index is 0.523. The smallest absolute Gasteiger partial charge is 0.259 e. The molecule has 0 N–H and O–H groups in total. The maximum atomic E-state index is 5.52.